The van der Waals surface area contributed by atoms with Crippen LogP contribution in [0.2, 0.25) is 0 Å². The van der Waals surface area contributed by atoms with Crippen LogP contribution in [0.1, 0.15) is 42.3 Å². The first-order valence-corrected chi connectivity index (χ1v) is 14.3. The number of H-pyrrole nitrogens is 2. The largest absolute Gasteiger partial charge is 0.374 e. The molecule has 41 heavy (non-hydrogen) atoms. The lowest BCUT2D eigenvalue weighted by atomic mass is 10.0. The maximum absolute atomic E-state index is 16.2. The number of nitrogens with one attached hydrogen (secondary N) is 3. The van der Waals surface area contributed by atoms with Crippen molar-refractivity contribution in [3.63, 3.8) is 0 Å². The van der Waals surface area contributed by atoms with Gasteiger partial charge in [-0.2, -0.15) is 5.10 Å². The minimum absolute atomic E-state index is 0.00707. The average molecular weight is 568 g/mol. The molecule has 0 amide bonds. The highest BCUT2D eigenvalue weighted by Crippen LogP contribution is 2.37. The number of aliphatic hydroxyl groups is 1. The van der Waals surface area contributed by atoms with Crippen molar-refractivity contribution in [3.8, 4) is 33.1 Å². The van der Waals surface area contributed by atoms with E-state index >= 15 is 4.39 Å². The molecule has 7 rings (SSSR count). The summed E-state index contributed by atoms with van der Waals surface area (Å²) in [6, 6.07) is 10.8. The van der Waals surface area contributed by atoms with Gasteiger partial charge in [0.15, 0.2) is 17.3 Å². The van der Waals surface area contributed by atoms with Gasteiger partial charge in [-0.15, -0.1) is 11.3 Å². The Bertz CT molecular complexity index is 1920. The number of aromatic amines is 2. The van der Waals surface area contributed by atoms with Gasteiger partial charge < -0.3 is 15.4 Å². The van der Waals surface area contributed by atoms with Gasteiger partial charge in [-0.1, -0.05) is 12.8 Å². The Hall–Kier alpha value is -4.48. The molecule has 0 spiro atoms. The molecule has 1 saturated carbocycles. The Morgan fingerprint density at radius 3 is 2.80 bits per heavy atom. The fourth-order valence-electron chi connectivity index (χ4n) is 5.60. The van der Waals surface area contributed by atoms with Crippen LogP contribution in [0.5, 0.6) is 0 Å². The molecule has 1 unspecified atom stereocenters. The van der Waals surface area contributed by atoms with Gasteiger partial charge in [0.25, 0.3) is 0 Å². The van der Waals surface area contributed by atoms with Gasteiger partial charge in [-0.05, 0) is 56.2 Å². The number of pyridine rings is 2. The lowest BCUT2D eigenvalue weighted by molar-refractivity contribution is 0.102. The third-order valence-corrected chi connectivity index (χ3v) is 8.93. The summed E-state index contributed by atoms with van der Waals surface area (Å²) in [4.78, 5) is 30.0. The summed E-state index contributed by atoms with van der Waals surface area (Å²) in [6.45, 7) is 1.54. The fourth-order valence-corrected chi connectivity index (χ4v) is 6.53. The Balaban J connectivity index is 1.27. The minimum Gasteiger partial charge on any atom is -0.374 e. The number of rotatable bonds is 7. The van der Waals surface area contributed by atoms with E-state index in [9.17, 15) is 9.90 Å². The molecule has 5 aromatic heterocycles. The topological polar surface area (TPSA) is 132 Å². The van der Waals surface area contributed by atoms with Crippen LogP contribution < -0.4 is 5.32 Å². The SMILES string of the molecule is CC(=O)c1ccc(-c2ccnc3nc(-c4n[nH]c5ccc(-c6cncc(NC(O)C7CCCC7)c6)c(F)c45)[nH]c23)s1. The Labute approximate surface area is 237 Å². The second kappa shape index (κ2) is 10.2. The number of aromatic nitrogens is 6. The summed E-state index contributed by atoms with van der Waals surface area (Å²) in [5.74, 6) is 0.126. The molecule has 5 heterocycles. The van der Waals surface area contributed by atoms with Crippen LogP contribution in [0.15, 0.2) is 55.0 Å². The van der Waals surface area contributed by atoms with Crippen molar-refractivity contribution in [2.24, 2.45) is 5.92 Å². The van der Waals surface area contributed by atoms with Crippen molar-refractivity contribution in [3.05, 3.63) is 65.7 Å². The van der Waals surface area contributed by atoms with Crippen molar-refractivity contribution in [2.45, 2.75) is 38.8 Å². The second-order valence-electron chi connectivity index (χ2n) is 10.4. The molecule has 0 radical (unpaired) electrons. The third-order valence-electron chi connectivity index (χ3n) is 7.71. The molecule has 0 bridgehead atoms. The van der Waals surface area contributed by atoms with E-state index < -0.39 is 12.0 Å². The number of nitrogens with zero attached hydrogens (tertiary/aromatic N) is 4. The van der Waals surface area contributed by atoms with Crippen molar-refractivity contribution in [2.75, 3.05) is 5.32 Å². The van der Waals surface area contributed by atoms with Gasteiger partial charge in [0.2, 0.25) is 0 Å². The molecular weight excluding hydrogens is 541 g/mol. The summed E-state index contributed by atoms with van der Waals surface area (Å²) in [7, 11) is 0. The number of anilines is 1. The Morgan fingerprint density at radius 2 is 2.00 bits per heavy atom. The quantitative estimate of drug-likeness (QED) is 0.127. The molecule has 0 aliphatic heterocycles. The molecule has 9 nitrogen and oxygen atoms in total. The molecule has 0 saturated heterocycles. The number of carbonyl (C=O) groups is 1. The molecule has 1 aromatic carbocycles. The number of fused-ring (bicyclic) bond motifs is 2. The zero-order chi connectivity index (χ0) is 28.1. The molecule has 4 N–H and O–H groups in total. The van der Waals surface area contributed by atoms with Gasteiger partial charge in [0, 0.05) is 39.9 Å². The number of carbonyl (C=O) groups excluding carboxylic acids is 1. The monoisotopic (exact) mass is 567 g/mol. The average Bonchev–Trinajstić information content (AvgIpc) is 3.78. The summed E-state index contributed by atoms with van der Waals surface area (Å²) < 4.78 is 16.2. The van der Waals surface area contributed by atoms with Gasteiger partial charge in [-0.25, -0.2) is 14.4 Å². The summed E-state index contributed by atoms with van der Waals surface area (Å²) in [5.41, 5.74) is 4.41. The summed E-state index contributed by atoms with van der Waals surface area (Å²) in [6.07, 6.45) is 8.45. The molecular formula is C30H26FN7O2S. The predicted molar refractivity (Wildman–Crippen MR) is 157 cm³/mol. The number of thiophene rings is 1. The first-order chi connectivity index (χ1) is 20.0. The summed E-state index contributed by atoms with van der Waals surface area (Å²) in [5, 5.41) is 21.4. The van der Waals surface area contributed by atoms with E-state index in [1.54, 1.807) is 49.8 Å². The van der Waals surface area contributed by atoms with Crippen molar-refractivity contribution < 1.29 is 14.3 Å². The molecule has 206 valence electrons. The molecule has 11 heteroatoms. The van der Waals surface area contributed by atoms with E-state index in [2.05, 4.69) is 35.5 Å². The van der Waals surface area contributed by atoms with Crippen LogP contribution in [0, 0.1) is 11.7 Å². The second-order valence-corrected chi connectivity index (χ2v) is 11.5. The van der Waals surface area contributed by atoms with Gasteiger partial charge in [0.05, 0.1) is 33.2 Å². The molecule has 1 fully saturated rings. The van der Waals surface area contributed by atoms with Crippen LogP contribution in [0.25, 0.3) is 55.2 Å². The molecule has 6 aromatic rings. The smallest absolute Gasteiger partial charge is 0.178 e. The maximum Gasteiger partial charge on any atom is 0.178 e. The van der Waals surface area contributed by atoms with Crippen molar-refractivity contribution in [1.29, 1.82) is 0 Å². The van der Waals surface area contributed by atoms with E-state index in [4.69, 9.17) is 0 Å². The highest BCUT2D eigenvalue weighted by molar-refractivity contribution is 7.17. The number of hydrogen-bond donors (Lipinski definition) is 4. The number of imidazole rings is 1. The van der Waals surface area contributed by atoms with Crippen LogP contribution in [0.4, 0.5) is 10.1 Å². The first-order valence-electron chi connectivity index (χ1n) is 13.5. The number of Topliss-reactive ketones (excluding diaryl/α,β-unsaturated/α-hetero) is 1. The Kier molecular flexibility index (Phi) is 6.32. The zero-order valence-corrected chi connectivity index (χ0v) is 22.9. The van der Waals surface area contributed by atoms with Crippen LogP contribution in [-0.4, -0.2) is 47.3 Å². The van der Waals surface area contributed by atoms with E-state index in [1.165, 1.54) is 11.3 Å². The molecule has 1 aliphatic rings. The number of ketones is 1. The third kappa shape index (κ3) is 4.56. The Morgan fingerprint density at radius 1 is 1.15 bits per heavy atom. The number of aliphatic hydroxyl groups excluding tert-OH is 1. The molecule has 1 aliphatic carbocycles. The number of benzene rings is 1. The minimum atomic E-state index is -0.669. The number of hydrogen-bond acceptors (Lipinski definition) is 8. The van der Waals surface area contributed by atoms with Crippen LogP contribution >= 0.6 is 11.3 Å². The van der Waals surface area contributed by atoms with E-state index in [-0.39, 0.29) is 11.7 Å². The zero-order valence-electron chi connectivity index (χ0n) is 22.1. The maximum atomic E-state index is 16.2. The van der Waals surface area contributed by atoms with E-state index in [1.807, 2.05) is 12.1 Å². The van der Waals surface area contributed by atoms with Gasteiger partial charge in [-0.3, -0.25) is 14.9 Å². The lowest BCUT2D eigenvalue weighted by Gasteiger charge is -2.20. The molecule has 1 atom stereocenters. The van der Waals surface area contributed by atoms with Gasteiger partial charge >= 0.3 is 0 Å². The van der Waals surface area contributed by atoms with Crippen molar-refractivity contribution in [1.82, 2.24) is 30.1 Å². The van der Waals surface area contributed by atoms with Crippen LogP contribution in [-0.2, 0) is 0 Å². The standard InChI is InChI=1S/C30H26FN7O2S/c1-15(39)22-8-9-23(41-22)20-10-11-33-28-26(20)35-29(36-28)27-24-21(37-38-27)7-6-19(25(24)31)17-12-18(14-32-13-17)34-30(40)16-4-2-3-5-16/h6-14,16,30,34,40H,2-5H2,1H3,(H,37,38)(H,33,35,36). The first kappa shape index (κ1) is 25.5. The van der Waals surface area contributed by atoms with E-state index in [0.717, 1.165) is 36.1 Å². The summed E-state index contributed by atoms with van der Waals surface area (Å²) >= 11 is 1.40. The fraction of sp³-hybridized carbons (Fsp3) is 0.233. The normalized spacial score (nSPS) is 14.7. The number of halogens is 1. The highest BCUT2D eigenvalue weighted by Gasteiger charge is 2.24. The predicted octanol–water partition coefficient (Wildman–Crippen LogP) is 6.55. The highest BCUT2D eigenvalue weighted by atomic mass is 32.1. The van der Waals surface area contributed by atoms with E-state index in [0.29, 0.717) is 55.3 Å². The lowest BCUT2D eigenvalue weighted by Crippen LogP contribution is -2.26. The van der Waals surface area contributed by atoms with Crippen LogP contribution in [0.3, 0.4) is 0 Å². The van der Waals surface area contributed by atoms with Gasteiger partial charge in [0.1, 0.15) is 17.7 Å². The van der Waals surface area contributed by atoms with Crippen molar-refractivity contribution >= 4 is 44.9 Å².